The third kappa shape index (κ3) is 3.20. The molecule has 6 heteroatoms. The molecule has 2 heterocycles. The number of fused-ring (bicyclic) bond motifs is 3. The molecular formula is C20H19N3O2S. The van der Waals surface area contributed by atoms with E-state index in [1.54, 1.807) is 23.6 Å². The van der Waals surface area contributed by atoms with Crippen molar-refractivity contribution in [2.75, 3.05) is 6.61 Å². The van der Waals surface area contributed by atoms with Crippen molar-refractivity contribution in [2.24, 2.45) is 5.10 Å². The number of thiophene rings is 1. The highest BCUT2D eigenvalue weighted by Crippen LogP contribution is 2.33. The first kappa shape index (κ1) is 16.7. The van der Waals surface area contributed by atoms with Gasteiger partial charge in [0, 0.05) is 4.88 Å². The van der Waals surface area contributed by atoms with E-state index in [0.717, 1.165) is 40.8 Å². The molecule has 0 amide bonds. The van der Waals surface area contributed by atoms with Crippen molar-refractivity contribution in [1.82, 2.24) is 9.66 Å². The van der Waals surface area contributed by atoms with E-state index in [1.807, 2.05) is 24.3 Å². The number of hydrogen-bond donors (Lipinski definition) is 0. The second-order valence-electron chi connectivity index (χ2n) is 6.20. The average molecular weight is 365 g/mol. The van der Waals surface area contributed by atoms with Crippen molar-refractivity contribution in [1.29, 1.82) is 0 Å². The van der Waals surface area contributed by atoms with Gasteiger partial charge in [-0.3, -0.25) is 4.79 Å². The van der Waals surface area contributed by atoms with Crippen molar-refractivity contribution >= 4 is 27.8 Å². The molecule has 0 unspecified atom stereocenters. The summed E-state index contributed by atoms with van der Waals surface area (Å²) in [6.07, 6.45) is 9.21. The van der Waals surface area contributed by atoms with E-state index in [2.05, 4.69) is 16.7 Å². The minimum Gasteiger partial charge on any atom is -0.490 e. The Morgan fingerprint density at radius 1 is 1.27 bits per heavy atom. The van der Waals surface area contributed by atoms with Crippen molar-refractivity contribution in [3.63, 3.8) is 0 Å². The molecule has 0 bridgehead atoms. The zero-order valence-corrected chi connectivity index (χ0v) is 15.2. The number of nitrogens with zero attached hydrogens (tertiary/aromatic N) is 3. The number of aryl methyl sites for hydroxylation is 2. The third-order valence-corrected chi connectivity index (χ3v) is 5.64. The van der Waals surface area contributed by atoms with Crippen LogP contribution in [0.1, 0.15) is 28.8 Å². The highest BCUT2D eigenvalue weighted by atomic mass is 32.1. The SMILES string of the molecule is C=CCOc1ccc(/C=N/n2cnc3sc4c(c3c2=O)CCCC4)cc1. The van der Waals surface area contributed by atoms with Crippen molar-refractivity contribution in [2.45, 2.75) is 25.7 Å². The summed E-state index contributed by atoms with van der Waals surface area (Å²) in [5.74, 6) is 0.771. The van der Waals surface area contributed by atoms with Crippen molar-refractivity contribution in [3.8, 4) is 5.75 Å². The Kier molecular flexibility index (Phi) is 4.67. The first-order valence-electron chi connectivity index (χ1n) is 8.66. The highest BCUT2D eigenvalue weighted by Gasteiger charge is 2.19. The Balaban J connectivity index is 1.62. The Morgan fingerprint density at radius 3 is 2.88 bits per heavy atom. The zero-order valence-electron chi connectivity index (χ0n) is 14.4. The van der Waals surface area contributed by atoms with Crippen LogP contribution >= 0.6 is 11.3 Å². The topological polar surface area (TPSA) is 56.5 Å². The maximum atomic E-state index is 12.8. The smallest absolute Gasteiger partial charge is 0.282 e. The zero-order chi connectivity index (χ0) is 17.9. The van der Waals surface area contributed by atoms with Gasteiger partial charge in [0.05, 0.1) is 11.6 Å². The molecule has 0 saturated heterocycles. The summed E-state index contributed by atoms with van der Waals surface area (Å²) < 4.78 is 6.78. The van der Waals surface area contributed by atoms with Crippen LogP contribution in [-0.2, 0) is 12.8 Å². The first-order chi connectivity index (χ1) is 12.8. The number of aromatic nitrogens is 2. The molecule has 0 atom stereocenters. The fourth-order valence-corrected chi connectivity index (χ4v) is 4.37. The molecule has 0 aliphatic heterocycles. The Labute approximate surface area is 155 Å². The van der Waals surface area contributed by atoms with E-state index < -0.39 is 0 Å². The van der Waals surface area contributed by atoms with Gasteiger partial charge < -0.3 is 4.74 Å². The molecule has 0 spiro atoms. The fraction of sp³-hybridized carbons (Fsp3) is 0.250. The van der Waals surface area contributed by atoms with E-state index in [-0.39, 0.29) is 5.56 Å². The van der Waals surface area contributed by atoms with Gasteiger partial charge in [-0.05, 0) is 61.1 Å². The van der Waals surface area contributed by atoms with Crippen LogP contribution in [0.15, 0.2) is 53.1 Å². The maximum Gasteiger partial charge on any atom is 0.282 e. The van der Waals surface area contributed by atoms with Crippen LogP contribution in [0.5, 0.6) is 5.75 Å². The summed E-state index contributed by atoms with van der Waals surface area (Å²) in [6, 6.07) is 7.52. The van der Waals surface area contributed by atoms with Crippen molar-refractivity contribution < 1.29 is 4.74 Å². The molecule has 1 aliphatic rings. The molecule has 1 aromatic carbocycles. The van der Waals surface area contributed by atoms with E-state index in [9.17, 15) is 4.79 Å². The molecular weight excluding hydrogens is 346 g/mol. The molecule has 0 radical (unpaired) electrons. The Bertz CT molecular complexity index is 1030. The summed E-state index contributed by atoms with van der Waals surface area (Å²) in [4.78, 5) is 19.4. The van der Waals surface area contributed by atoms with Gasteiger partial charge in [0.15, 0.2) is 0 Å². The largest absolute Gasteiger partial charge is 0.490 e. The lowest BCUT2D eigenvalue weighted by molar-refractivity contribution is 0.363. The van der Waals surface area contributed by atoms with E-state index in [4.69, 9.17) is 4.74 Å². The molecule has 0 N–H and O–H groups in total. The Morgan fingerprint density at radius 2 is 2.08 bits per heavy atom. The highest BCUT2D eigenvalue weighted by molar-refractivity contribution is 7.18. The molecule has 2 aromatic heterocycles. The molecule has 0 saturated carbocycles. The Hall–Kier alpha value is -2.73. The van der Waals surface area contributed by atoms with Crippen LogP contribution < -0.4 is 10.3 Å². The van der Waals surface area contributed by atoms with Crippen molar-refractivity contribution in [3.05, 3.63) is 69.6 Å². The molecule has 26 heavy (non-hydrogen) atoms. The van der Waals surface area contributed by atoms with Gasteiger partial charge in [0.25, 0.3) is 5.56 Å². The minimum atomic E-state index is -0.0865. The van der Waals surface area contributed by atoms with Gasteiger partial charge in [0.1, 0.15) is 23.5 Å². The lowest BCUT2D eigenvalue weighted by Crippen LogP contribution is -2.18. The van der Waals surface area contributed by atoms with Crippen LogP contribution in [0.25, 0.3) is 10.2 Å². The number of rotatable bonds is 5. The van der Waals surface area contributed by atoms with E-state index in [1.165, 1.54) is 27.9 Å². The average Bonchev–Trinajstić information content (AvgIpc) is 3.06. The molecule has 5 nitrogen and oxygen atoms in total. The van der Waals surface area contributed by atoms with Crippen LogP contribution in [0.3, 0.4) is 0 Å². The summed E-state index contributed by atoms with van der Waals surface area (Å²) in [6.45, 7) is 4.10. The summed E-state index contributed by atoms with van der Waals surface area (Å²) >= 11 is 1.65. The van der Waals surface area contributed by atoms with E-state index >= 15 is 0 Å². The normalized spacial score (nSPS) is 13.8. The number of hydrogen-bond acceptors (Lipinski definition) is 5. The quantitative estimate of drug-likeness (QED) is 0.511. The second-order valence-corrected chi connectivity index (χ2v) is 7.28. The first-order valence-corrected chi connectivity index (χ1v) is 9.48. The number of benzene rings is 1. The maximum absolute atomic E-state index is 12.8. The lowest BCUT2D eigenvalue weighted by atomic mass is 9.97. The van der Waals surface area contributed by atoms with Gasteiger partial charge in [-0.25, -0.2) is 4.98 Å². The molecule has 132 valence electrons. The van der Waals surface area contributed by atoms with Gasteiger partial charge in [-0.1, -0.05) is 12.7 Å². The standard InChI is InChI=1S/C20H19N3O2S/c1-2-11-25-15-9-7-14(8-10-15)12-22-23-13-21-19-18(20(23)24)16-5-3-4-6-17(16)26-19/h2,7-10,12-13H,1,3-6,11H2/b22-12+. The van der Waals surface area contributed by atoms with Gasteiger partial charge >= 0.3 is 0 Å². The molecule has 1 aliphatic carbocycles. The monoisotopic (exact) mass is 365 g/mol. The molecule has 3 aromatic rings. The molecule has 4 rings (SSSR count). The van der Waals surface area contributed by atoms with Gasteiger partial charge in [0.2, 0.25) is 0 Å². The predicted octanol–water partition coefficient (Wildman–Crippen LogP) is 3.78. The fourth-order valence-electron chi connectivity index (χ4n) is 3.15. The van der Waals surface area contributed by atoms with Crippen LogP contribution in [0, 0.1) is 0 Å². The third-order valence-electron chi connectivity index (χ3n) is 4.44. The van der Waals surface area contributed by atoms with Crippen LogP contribution in [0.4, 0.5) is 0 Å². The summed E-state index contributed by atoms with van der Waals surface area (Å²) in [5.41, 5.74) is 1.98. The summed E-state index contributed by atoms with van der Waals surface area (Å²) in [5, 5.41) is 5.06. The second kappa shape index (κ2) is 7.25. The van der Waals surface area contributed by atoms with Crippen LogP contribution in [-0.4, -0.2) is 22.5 Å². The predicted molar refractivity (Wildman–Crippen MR) is 106 cm³/mol. The number of ether oxygens (including phenoxy) is 1. The minimum absolute atomic E-state index is 0.0865. The van der Waals surface area contributed by atoms with Crippen LogP contribution in [0.2, 0.25) is 0 Å². The lowest BCUT2D eigenvalue weighted by Gasteiger charge is -2.09. The summed E-state index contributed by atoms with van der Waals surface area (Å²) in [7, 11) is 0. The van der Waals surface area contributed by atoms with E-state index in [0.29, 0.717) is 6.61 Å². The van der Waals surface area contributed by atoms with Gasteiger partial charge in [-0.2, -0.15) is 9.78 Å². The molecule has 0 fully saturated rings. The van der Waals surface area contributed by atoms with Gasteiger partial charge in [-0.15, -0.1) is 11.3 Å².